The van der Waals surface area contributed by atoms with Gasteiger partial charge in [-0.2, -0.15) is 0 Å². The van der Waals surface area contributed by atoms with Crippen LogP contribution in [0.3, 0.4) is 0 Å². The summed E-state index contributed by atoms with van der Waals surface area (Å²) < 4.78 is 0. The third kappa shape index (κ3) is 4.70. The molecule has 4 rings (SSSR count). The molecule has 0 saturated heterocycles. The van der Waals surface area contributed by atoms with Crippen molar-refractivity contribution in [1.29, 1.82) is 0 Å². The summed E-state index contributed by atoms with van der Waals surface area (Å²) in [5.41, 5.74) is 7.96. The SMILES string of the molecule is Cc1cc(C)c(O)c(C(C)(c2ccc(C(C)Cc3ccc(O)cc3)cc2)c2cc(C)cc(C)c2O)c1. The number of rotatable bonds is 6. The molecule has 3 nitrogen and oxygen atoms in total. The maximum absolute atomic E-state index is 11.2. The largest absolute Gasteiger partial charge is 0.508 e. The summed E-state index contributed by atoms with van der Waals surface area (Å²) in [5.74, 6) is 1.08. The molecule has 1 atom stereocenters. The third-order valence-electron chi connectivity index (χ3n) is 7.50. The Morgan fingerprint density at radius 3 is 1.61 bits per heavy atom. The maximum atomic E-state index is 11.2. The van der Waals surface area contributed by atoms with Crippen molar-refractivity contribution < 1.29 is 15.3 Å². The van der Waals surface area contributed by atoms with E-state index >= 15 is 0 Å². The van der Waals surface area contributed by atoms with Gasteiger partial charge in [-0.15, -0.1) is 0 Å². The molecule has 0 spiro atoms. The Morgan fingerprint density at radius 1 is 0.667 bits per heavy atom. The number of phenolic OH excluding ortho intramolecular Hbond substituents is 3. The molecule has 0 amide bonds. The van der Waals surface area contributed by atoms with Crippen molar-refractivity contribution in [3.63, 3.8) is 0 Å². The molecule has 3 N–H and O–H groups in total. The van der Waals surface area contributed by atoms with Crippen molar-refractivity contribution in [2.75, 3.05) is 0 Å². The van der Waals surface area contributed by atoms with Crippen molar-refractivity contribution in [3.05, 3.63) is 123 Å². The van der Waals surface area contributed by atoms with Gasteiger partial charge in [-0.3, -0.25) is 0 Å². The Kier molecular flexibility index (Phi) is 6.86. The van der Waals surface area contributed by atoms with Crippen LogP contribution >= 0.6 is 0 Å². The molecule has 0 aromatic heterocycles. The van der Waals surface area contributed by atoms with E-state index in [0.717, 1.165) is 45.4 Å². The molecule has 0 heterocycles. The molecule has 0 aliphatic carbocycles. The van der Waals surface area contributed by atoms with E-state index < -0.39 is 5.41 Å². The number of hydrogen-bond donors (Lipinski definition) is 3. The zero-order chi connectivity index (χ0) is 26.2. The number of aromatic hydroxyl groups is 3. The first-order valence-corrected chi connectivity index (χ1v) is 12.5. The first-order chi connectivity index (χ1) is 17.0. The average molecular weight is 481 g/mol. The van der Waals surface area contributed by atoms with E-state index in [0.29, 0.717) is 5.92 Å². The minimum Gasteiger partial charge on any atom is -0.508 e. The molecule has 0 fully saturated rings. The lowest BCUT2D eigenvalue weighted by atomic mass is 9.68. The fourth-order valence-electron chi connectivity index (χ4n) is 5.39. The van der Waals surface area contributed by atoms with E-state index in [2.05, 4.69) is 38.1 Å². The first kappa shape index (κ1) is 25.4. The van der Waals surface area contributed by atoms with Crippen LogP contribution in [0.25, 0.3) is 0 Å². The van der Waals surface area contributed by atoms with Gasteiger partial charge in [0, 0.05) is 16.5 Å². The molecule has 0 aliphatic rings. The molecule has 4 aromatic rings. The van der Waals surface area contributed by atoms with Gasteiger partial charge in [0.2, 0.25) is 0 Å². The number of hydrogen-bond acceptors (Lipinski definition) is 3. The summed E-state index contributed by atoms with van der Waals surface area (Å²) in [4.78, 5) is 0. The first-order valence-electron chi connectivity index (χ1n) is 12.5. The van der Waals surface area contributed by atoms with Gasteiger partial charge >= 0.3 is 0 Å². The molecule has 3 heteroatoms. The molecule has 186 valence electrons. The lowest BCUT2D eigenvalue weighted by Gasteiger charge is -2.34. The lowest BCUT2D eigenvalue weighted by molar-refractivity contribution is 0.437. The van der Waals surface area contributed by atoms with E-state index in [1.165, 1.54) is 11.1 Å². The summed E-state index contributed by atoms with van der Waals surface area (Å²) in [6, 6.07) is 23.9. The Bertz CT molecular complexity index is 1320. The highest BCUT2D eigenvalue weighted by molar-refractivity contribution is 5.62. The van der Waals surface area contributed by atoms with E-state index in [1.807, 2.05) is 64.1 Å². The second-order valence-electron chi connectivity index (χ2n) is 10.5. The topological polar surface area (TPSA) is 60.7 Å². The van der Waals surface area contributed by atoms with Gasteiger partial charge in [-0.05, 0) is 86.9 Å². The van der Waals surface area contributed by atoms with Crippen LogP contribution in [0.4, 0.5) is 0 Å². The molecule has 4 aromatic carbocycles. The second-order valence-corrected chi connectivity index (χ2v) is 10.5. The van der Waals surface area contributed by atoms with Crippen LogP contribution in [0, 0.1) is 27.7 Å². The number of benzene rings is 4. The van der Waals surface area contributed by atoms with E-state index in [1.54, 1.807) is 12.1 Å². The standard InChI is InChI=1S/C33H36O3/c1-20-15-23(4)31(35)29(17-20)33(6,30-18-21(2)16-24(5)32(30)36)27-11-9-26(10-12-27)22(3)19-25-7-13-28(34)14-8-25/h7-18,22,34-36H,19H2,1-6H3. The van der Waals surface area contributed by atoms with Crippen LogP contribution in [0.1, 0.15) is 69.8 Å². The highest BCUT2D eigenvalue weighted by atomic mass is 16.3. The zero-order valence-electron chi connectivity index (χ0n) is 22.1. The van der Waals surface area contributed by atoms with Crippen molar-refractivity contribution in [2.24, 2.45) is 0 Å². The zero-order valence-corrected chi connectivity index (χ0v) is 22.1. The van der Waals surface area contributed by atoms with Crippen molar-refractivity contribution in [1.82, 2.24) is 0 Å². The highest BCUT2D eigenvalue weighted by Gasteiger charge is 2.37. The molecular formula is C33H36O3. The van der Waals surface area contributed by atoms with Crippen LogP contribution in [0.15, 0.2) is 72.8 Å². The Morgan fingerprint density at radius 2 is 1.14 bits per heavy atom. The average Bonchev–Trinajstić information content (AvgIpc) is 2.84. The van der Waals surface area contributed by atoms with Crippen LogP contribution in [0.2, 0.25) is 0 Å². The lowest BCUT2D eigenvalue weighted by Crippen LogP contribution is -2.26. The molecule has 0 saturated carbocycles. The Balaban J connectivity index is 1.83. The summed E-state index contributed by atoms with van der Waals surface area (Å²) in [7, 11) is 0. The van der Waals surface area contributed by atoms with Crippen molar-refractivity contribution in [2.45, 2.75) is 59.3 Å². The van der Waals surface area contributed by atoms with E-state index in [-0.39, 0.29) is 17.2 Å². The molecule has 0 radical (unpaired) electrons. The van der Waals surface area contributed by atoms with Gasteiger partial charge in [0.25, 0.3) is 0 Å². The van der Waals surface area contributed by atoms with E-state index in [4.69, 9.17) is 0 Å². The normalized spacial score (nSPS) is 12.5. The predicted octanol–water partition coefficient (Wildman–Crippen LogP) is 7.74. The summed E-state index contributed by atoms with van der Waals surface area (Å²) in [6.45, 7) is 12.2. The summed E-state index contributed by atoms with van der Waals surface area (Å²) in [6.07, 6.45) is 0.868. The van der Waals surface area contributed by atoms with Crippen LogP contribution in [0.5, 0.6) is 17.2 Å². The van der Waals surface area contributed by atoms with Gasteiger partial charge in [-0.1, -0.05) is 78.7 Å². The summed E-state index contributed by atoms with van der Waals surface area (Å²) in [5, 5.41) is 32.0. The highest BCUT2D eigenvalue weighted by Crippen LogP contribution is 2.48. The van der Waals surface area contributed by atoms with Gasteiger partial charge in [-0.25, -0.2) is 0 Å². The predicted molar refractivity (Wildman–Crippen MR) is 147 cm³/mol. The van der Waals surface area contributed by atoms with Gasteiger partial charge in [0.1, 0.15) is 17.2 Å². The fourth-order valence-corrected chi connectivity index (χ4v) is 5.39. The number of aryl methyl sites for hydroxylation is 4. The van der Waals surface area contributed by atoms with Crippen LogP contribution in [-0.2, 0) is 11.8 Å². The Hall–Kier alpha value is -3.72. The minimum atomic E-state index is -0.763. The Labute approximate surface area is 214 Å². The third-order valence-corrected chi connectivity index (χ3v) is 7.50. The fraction of sp³-hybridized carbons (Fsp3) is 0.273. The smallest absolute Gasteiger partial charge is 0.122 e. The van der Waals surface area contributed by atoms with Gasteiger partial charge in [0.05, 0.1) is 0 Å². The minimum absolute atomic E-state index is 0.256. The van der Waals surface area contributed by atoms with Crippen LogP contribution < -0.4 is 0 Å². The molecule has 0 bridgehead atoms. The number of phenols is 3. The van der Waals surface area contributed by atoms with Crippen molar-refractivity contribution >= 4 is 0 Å². The molecule has 36 heavy (non-hydrogen) atoms. The maximum Gasteiger partial charge on any atom is 0.122 e. The van der Waals surface area contributed by atoms with Crippen LogP contribution in [-0.4, -0.2) is 15.3 Å². The molecule has 0 aliphatic heterocycles. The quantitative estimate of drug-likeness (QED) is 0.247. The monoisotopic (exact) mass is 480 g/mol. The summed E-state index contributed by atoms with van der Waals surface area (Å²) >= 11 is 0. The molecular weight excluding hydrogens is 444 g/mol. The molecule has 1 unspecified atom stereocenters. The van der Waals surface area contributed by atoms with Gasteiger partial charge in [0.15, 0.2) is 0 Å². The van der Waals surface area contributed by atoms with Crippen molar-refractivity contribution in [3.8, 4) is 17.2 Å². The van der Waals surface area contributed by atoms with E-state index in [9.17, 15) is 15.3 Å². The van der Waals surface area contributed by atoms with Gasteiger partial charge < -0.3 is 15.3 Å². The second kappa shape index (κ2) is 9.73.